The Hall–Kier alpha value is -0.590. The lowest BCUT2D eigenvalue weighted by molar-refractivity contribution is 0.166. The predicted octanol–water partition coefficient (Wildman–Crippen LogP) is 2.53. The molecule has 0 radical (unpaired) electrons. The molecule has 2 N–H and O–H groups in total. The van der Waals surface area contributed by atoms with E-state index in [1.165, 1.54) is 5.56 Å². The molecule has 0 amide bonds. The molecule has 1 aromatic rings. The van der Waals surface area contributed by atoms with Crippen molar-refractivity contribution < 1.29 is 4.74 Å². The molecule has 0 aromatic heterocycles. The van der Waals surface area contributed by atoms with Gasteiger partial charge < -0.3 is 15.4 Å². The Morgan fingerprint density at radius 3 is 2.89 bits per heavy atom. The van der Waals surface area contributed by atoms with Gasteiger partial charge in [0.05, 0.1) is 19.2 Å². The Kier molecular flexibility index (Phi) is 4.64. The molecule has 0 bridgehead atoms. The van der Waals surface area contributed by atoms with E-state index in [-0.39, 0.29) is 6.04 Å². The van der Waals surface area contributed by atoms with Crippen molar-refractivity contribution >= 4 is 37.8 Å². The first kappa shape index (κ1) is 13.8. The Balaban J connectivity index is 2.19. The fourth-order valence-corrected chi connectivity index (χ4v) is 2.64. The maximum Gasteiger partial charge on any atom is 0.192 e. The fourth-order valence-electron chi connectivity index (χ4n) is 1.99. The quantitative estimate of drug-likeness (QED) is 0.878. The van der Waals surface area contributed by atoms with Gasteiger partial charge in [0.2, 0.25) is 0 Å². The first-order valence-electron chi connectivity index (χ1n) is 5.64. The molecule has 2 rings (SSSR count). The average Bonchev–Trinajstić information content (AvgIpc) is 2.72. The summed E-state index contributed by atoms with van der Waals surface area (Å²) in [4.78, 5) is 6.40. The zero-order valence-electron chi connectivity index (χ0n) is 10.1. The predicted molar refractivity (Wildman–Crippen MR) is 79.7 cm³/mol. The van der Waals surface area contributed by atoms with Crippen LogP contribution >= 0.6 is 31.9 Å². The Bertz CT molecular complexity index is 465. The summed E-state index contributed by atoms with van der Waals surface area (Å²) in [5.74, 6) is 0.594. The van der Waals surface area contributed by atoms with Gasteiger partial charge in [-0.2, -0.15) is 0 Å². The molecule has 1 unspecified atom stereocenters. The van der Waals surface area contributed by atoms with Gasteiger partial charge in [-0.15, -0.1) is 0 Å². The van der Waals surface area contributed by atoms with Crippen molar-refractivity contribution in [3.05, 3.63) is 32.7 Å². The average molecular weight is 377 g/mol. The molecule has 0 saturated heterocycles. The van der Waals surface area contributed by atoms with Crippen LogP contribution in [0.15, 0.2) is 32.1 Å². The number of guanidine groups is 1. The topological polar surface area (TPSA) is 50.9 Å². The summed E-state index contributed by atoms with van der Waals surface area (Å²) in [5, 5.41) is 0. The number of benzene rings is 1. The fraction of sp³-hybridized carbons (Fsp3) is 0.417. The minimum atomic E-state index is 0.199. The molecule has 18 heavy (non-hydrogen) atoms. The molecule has 1 aliphatic heterocycles. The van der Waals surface area contributed by atoms with Crippen LogP contribution in [0.1, 0.15) is 11.6 Å². The van der Waals surface area contributed by atoms with E-state index in [1.807, 2.05) is 6.07 Å². The summed E-state index contributed by atoms with van der Waals surface area (Å²) in [6.07, 6.45) is 0. The van der Waals surface area contributed by atoms with E-state index in [0.717, 1.165) is 15.5 Å². The number of ether oxygens (including phenoxy) is 1. The minimum Gasteiger partial charge on any atom is -0.383 e. The minimum absolute atomic E-state index is 0.199. The van der Waals surface area contributed by atoms with Gasteiger partial charge in [-0.05, 0) is 49.6 Å². The van der Waals surface area contributed by atoms with E-state index in [0.29, 0.717) is 19.1 Å². The highest BCUT2D eigenvalue weighted by Crippen LogP contribution is 2.30. The first-order valence-corrected chi connectivity index (χ1v) is 7.22. The molecule has 0 saturated carbocycles. The first-order chi connectivity index (χ1) is 8.63. The largest absolute Gasteiger partial charge is 0.383 e. The van der Waals surface area contributed by atoms with E-state index in [4.69, 9.17) is 10.5 Å². The summed E-state index contributed by atoms with van der Waals surface area (Å²) < 4.78 is 7.19. The van der Waals surface area contributed by atoms with Crippen molar-refractivity contribution in [2.24, 2.45) is 10.7 Å². The molecule has 1 aromatic carbocycles. The van der Waals surface area contributed by atoms with Crippen molar-refractivity contribution in [1.82, 2.24) is 4.90 Å². The Labute approximate surface area is 123 Å². The van der Waals surface area contributed by atoms with Gasteiger partial charge in [0.1, 0.15) is 0 Å². The number of halogens is 2. The molecule has 1 heterocycles. The zero-order chi connectivity index (χ0) is 13.1. The summed E-state index contributed by atoms with van der Waals surface area (Å²) in [6, 6.07) is 6.42. The number of hydrogen-bond donors (Lipinski definition) is 1. The van der Waals surface area contributed by atoms with Gasteiger partial charge in [0.25, 0.3) is 0 Å². The second kappa shape index (κ2) is 6.04. The monoisotopic (exact) mass is 375 g/mol. The van der Waals surface area contributed by atoms with Crippen LogP contribution in [0.25, 0.3) is 0 Å². The van der Waals surface area contributed by atoms with E-state index < -0.39 is 0 Å². The highest BCUT2D eigenvalue weighted by Gasteiger charge is 2.27. The van der Waals surface area contributed by atoms with Gasteiger partial charge in [0, 0.05) is 22.6 Å². The molecular formula is C12H15Br2N3O. The molecule has 1 aliphatic rings. The number of nitrogens with two attached hydrogens (primary N) is 1. The number of methoxy groups -OCH3 is 1. The van der Waals surface area contributed by atoms with E-state index in [1.54, 1.807) is 7.11 Å². The highest BCUT2D eigenvalue weighted by molar-refractivity contribution is 9.13. The van der Waals surface area contributed by atoms with Crippen LogP contribution in [0.3, 0.4) is 0 Å². The summed E-state index contributed by atoms with van der Waals surface area (Å²) in [7, 11) is 1.69. The van der Waals surface area contributed by atoms with Crippen LogP contribution in [-0.2, 0) is 4.74 Å². The summed E-state index contributed by atoms with van der Waals surface area (Å²) >= 11 is 7.00. The molecule has 1 atom stereocenters. The van der Waals surface area contributed by atoms with Crippen molar-refractivity contribution in [2.45, 2.75) is 6.04 Å². The van der Waals surface area contributed by atoms with E-state index in [9.17, 15) is 0 Å². The molecule has 0 aliphatic carbocycles. The van der Waals surface area contributed by atoms with Gasteiger partial charge in [-0.25, -0.2) is 0 Å². The third-order valence-corrected chi connectivity index (χ3v) is 4.84. The standard InChI is InChI=1S/C12H15Br2N3O/c1-18-5-4-17-11(7-16-12(17)15)8-2-3-9(13)10(14)6-8/h2-3,6,11H,4-5,7H2,1H3,(H2,15,16). The van der Waals surface area contributed by atoms with Crippen LogP contribution in [-0.4, -0.2) is 37.7 Å². The lowest BCUT2D eigenvalue weighted by Crippen LogP contribution is -2.38. The van der Waals surface area contributed by atoms with Crippen LogP contribution in [0.5, 0.6) is 0 Å². The molecule has 0 fully saturated rings. The lowest BCUT2D eigenvalue weighted by atomic mass is 10.1. The number of nitrogens with zero attached hydrogens (tertiary/aromatic N) is 2. The van der Waals surface area contributed by atoms with Crippen LogP contribution in [0, 0.1) is 0 Å². The maximum atomic E-state index is 5.91. The van der Waals surface area contributed by atoms with Gasteiger partial charge >= 0.3 is 0 Å². The third-order valence-electron chi connectivity index (χ3n) is 2.96. The molecule has 0 spiro atoms. The Morgan fingerprint density at radius 2 is 2.22 bits per heavy atom. The lowest BCUT2D eigenvalue weighted by Gasteiger charge is -2.26. The normalized spacial score (nSPS) is 19.2. The van der Waals surface area contributed by atoms with Crippen molar-refractivity contribution in [3.8, 4) is 0 Å². The van der Waals surface area contributed by atoms with Crippen LogP contribution in [0.2, 0.25) is 0 Å². The molecule has 98 valence electrons. The van der Waals surface area contributed by atoms with Crippen molar-refractivity contribution in [2.75, 3.05) is 26.8 Å². The highest BCUT2D eigenvalue weighted by atomic mass is 79.9. The summed E-state index contributed by atoms with van der Waals surface area (Å²) in [6.45, 7) is 2.10. The number of hydrogen-bond acceptors (Lipinski definition) is 4. The second-order valence-corrected chi connectivity index (χ2v) is 5.78. The van der Waals surface area contributed by atoms with Crippen LogP contribution < -0.4 is 5.73 Å². The van der Waals surface area contributed by atoms with Gasteiger partial charge in [0.15, 0.2) is 5.96 Å². The maximum absolute atomic E-state index is 5.91. The second-order valence-electron chi connectivity index (χ2n) is 4.07. The van der Waals surface area contributed by atoms with E-state index >= 15 is 0 Å². The molecule has 4 nitrogen and oxygen atoms in total. The smallest absolute Gasteiger partial charge is 0.192 e. The van der Waals surface area contributed by atoms with E-state index in [2.05, 4.69) is 53.9 Å². The zero-order valence-corrected chi connectivity index (χ0v) is 13.2. The SMILES string of the molecule is COCCN1C(N)=NCC1c1ccc(Br)c(Br)c1. The number of aliphatic imine (C=N–C) groups is 1. The van der Waals surface area contributed by atoms with Crippen molar-refractivity contribution in [3.63, 3.8) is 0 Å². The Morgan fingerprint density at radius 1 is 1.44 bits per heavy atom. The number of rotatable bonds is 4. The third kappa shape index (κ3) is 2.87. The summed E-state index contributed by atoms with van der Waals surface area (Å²) in [5.41, 5.74) is 7.11. The van der Waals surface area contributed by atoms with Gasteiger partial charge in [-0.1, -0.05) is 6.07 Å². The van der Waals surface area contributed by atoms with Crippen molar-refractivity contribution in [1.29, 1.82) is 0 Å². The molecular weight excluding hydrogens is 362 g/mol. The van der Waals surface area contributed by atoms with Gasteiger partial charge in [-0.3, -0.25) is 4.99 Å². The molecule has 6 heteroatoms. The van der Waals surface area contributed by atoms with Crippen LogP contribution in [0.4, 0.5) is 0 Å².